The maximum atomic E-state index is 12.1. The smallest absolute Gasteiger partial charge is 0.313 e. The van der Waals surface area contributed by atoms with Crippen LogP contribution in [0.1, 0.15) is 24.0 Å². The van der Waals surface area contributed by atoms with E-state index in [4.69, 9.17) is 4.74 Å². The molecule has 0 radical (unpaired) electrons. The Bertz CT molecular complexity index is 569. The molecule has 1 aliphatic rings. The maximum Gasteiger partial charge on any atom is 0.313 e. The van der Waals surface area contributed by atoms with E-state index in [1.807, 2.05) is 32.0 Å². The molecule has 0 aromatic heterocycles. The Morgan fingerprint density at radius 1 is 1.21 bits per heavy atom. The number of methoxy groups -OCH3 is 1. The van der Waals surface area contributed by atoms with Gasteiger partial charge in [0.2, 0.25) is 0 Å². The molecule has 6 nitrogen and oxygen atoms in total. The molecule has 1 aromatic rings. The van der Waals surface area contributed by atoms with Gasteiger partial charge in [-0.2, -0.15) is 0 Å². The first-order chi connectivity index (χ1) is 11.5. The second-order valence-corrected chi connectivity index (χ2v) is 6.44. The third-order valence-electron chi connectivity index (χ3n) is 4.14. The lowest BCUT2D eigenvalue weighted by molar-refractivity contribution is -0.136. The summed E-state index contributed by atoms with van der Waals surface area (Å²) >= 11 is 0. The summed E-state index contributed by atoms with van der Waals surface area (Å²) in [4.78, 5) is 26.5. The number of anilines is 1. The fraction of sp³-hybridized carbons (Fsp3) is 0.556. The zero-order valence-electron chi connectivity index (χ0n) is 14.7. The van der Waals surface area contributed by atoms with Gasteiger partial charge in [-0.15, -0.1) is 0 Å². The Morgan fingerprint density at radius 3 is 2.58 bits per heavy atom. The molecule has 6 heteroatoms. The van der Waals surface area contributed by atoms with E-state index in [0.717, 1.165) is 43.6 Å². The van der Waals surface area contributed by atoms with Gasteiger partial charge in [-0.1, -0.05) is 6.07 Å². The van der Waals surface area contributed by atoms with E-state index in [9.17, 15) is 9.59 Å². The molecular weight excluding hydrogens is 306 g/mol. The highest BCUT2D eigenvalue weighted by Gasteiger charge is 2.23. The van der Waals surface area contributed by atoms with Crippen LogP contribution in [0, 0.1) is 13.8 Å². The zero-order valence-corrected chi connectivity index (χ0v) is 14.7. The van der Waals surface area contributed by atoms with Gasteiger partial charge in [0.25, 0.3) is 0 Å². The minimum Gasteiger partial charge on any atom is -0.383 e. The first kappa shape index (κ1) is 18.4. The summed E-state index contributed by atoms with van der Waals surface area (Å²) < 4.78 is 5.09. The fourth-order valence-corrected chi connectivity index (χ4v) is 3.08. The van der Waals surface area contributed by atoms with Gasteiger partial charge in [-0.3, -0.25) is 14.5 Å². The lowest BCUT2D eigenvalue weighted by atomic mass is 10.1. The summed E-state index contributed by atoms with van der Waals surface area (Å²) in [6.45, 7) is 7.20. The largest absolute Gasteiger partial charge is 0.383 e. The predicted molar refractivity (Wildman–Crippen MR) is 94.0 cm³/mol. The Kier molecular flexibility index (Phi) is 6.75. The molecule has 1 unspecified atom stereocenters. The number of carbonyl (C=O) groups excluding carboxylic acids is 2. The number of benzene rings is 1. The topological polar surface area (TPSA) is 70.7 Å². The highest BCUT2D eigenvalue weighted by Crippen LogP contribution is 2.14. The van der Waals surface area contributed by atoms with Crippen LogP contribution in [-0.2, 0) is 14.3 Å². The van der Waals surface area contributed by atoms with Crippen LogP contribution in [0.2, 0.25) is 0 Å². The van der Waals surface area contributed by atoms with E-state index in [0.29, 0.717) is 12.3 Å². The summed E-state index contributed by atoms with van der Waals surface area (Å²) in [6.07, 6.45) is 1.90. The van der Waals surface area contributed by atoms with Gasteiger partial charge in [-0.25, -0.2) is 0 Å². The lowest BCUT2D eigenvalue weighted by Gasteiger charge is -2.32. The van der Waals surface area contributed by atoms with Gasteiger partial charge in [0, 0.05) is 31.9 Å². The van der Waals surface area contributed by atoms with Crippen molar-refractivity contribution >= 4 is 17.5 Å². The van der Waals surface area contributed by atoms with Gasteiger partial charge in [0.15, 0.2) is 0 Å². The van der Waals surface area contributed by atoms with Gasteiger partial charge in [-0.05, 0) is 56.5 Å². The highest BCUT2D eigenvalue weighted by molar-refractivity contribution is 6.39. The Morgan fingerprint density at radius 2 is 1.92 bits per heavy atom. The molecule has 1 fully saturated rings. The molecule has 2 N–H and O–H groups in total. The molecule has 1 saturated heterocycles. The molecular formula is C18H27N3O3. The molecule has 0 aliphatic carbocycles. The molecule has 1 aromatic carbocycles. The number of aryl methyl sites for hydroxylation is 2. The van der Waals surface area contributed by atoms with Crippen LogP contribution >= 0.6 is 0 Å². The van der Waals surface area contributed by atoms with Crippen molar-refractivity contribution in [2.45, 2.75) is 32.7 Å². The normalized spacial score (nSPS) is 18.2. The van der Waals surface area contributed by atoms with Crippen molar-refractivity contribution in [3.8, 4) is 0 Å². The lowest BCUT2D eigenvalue weighted by Crippen LogP contribution is -2.50. The molecule has 2 amide bonds. The van der Waals surface area contributed by atoms with E-state index in [1.54, 1.807) is 7.11 Å². The number of hydrogen-bond donors (Lipinski definition) is 2. The summed E-state index contributed by atoms with van der Waals surface area (Å²) in [5.41, 5.74) is 2.75. The van der Waals surface area contributed by atoms with Crippen LogP contribution in [0.5, 0.6) is 0 Å². The Balaban J connectivity index is 1.85. The van der Waals surface area contributed by atoms with Crippen molar-refractivity contribution in [3.63, 3.8) is 0 Å². The molecule has 1 heterocycles. The van der Waals surface area contributed by atoms with Gasteiger partial charge >= 0.3 is 11.8 Å². The number of amides is 2. The third kappa shape index (κ3) is 5.62. The molecule has 1 aliphatic heterocycles. The molecule has 0 saturated carbocycles. The summed E-state index contributed by atoms with van der Waals surface area (Å²) in [5.74, 6) is -1.19. The van der Waals surface area contributed by atoms with Crippen molar-refractivity contribution < 1.29 is 14.3 Å². The summed E-state index contributed by atoms with van der Waals surface area (Å²) in [7, 11) is 1.68. The first-order valence-electron chi connectivity index (χ1n) is 8.39. The quantitative estimate of drug-likeness (QED) is 0.801. The summed E-state index contributed by atoms with van der Waals surface area (Å²) in [6, 6.07) is 5.73. The van der Waals surface area contributed by atoms with E-state index in [1.165, 1.54) is 0 Å². The predicted octanol–water partition coefficient (Wildman–Crippen LogP) is 1.47. The standard InChI is InChI=1S/C18H27N3O3/c1-13-9-14(2)11-16(10-13)20-18(23)17(22)19-15-5-4-6-21(12-15)7-8-24-3/h9-11,15H,4-8,12H2,1-3H3,(H,19,22)(H,20,23). The van der Waals surface area contributed by atoms with Gasteiger partial charge in [0.1, 0.15) is 0 Å². The van der Waals surface area contributed by atoms with Crippen molar-refractivity contribution in [1.29, 1.82) is 0 Å². The van der Waals surface area contributed by atoms with E-state index < -0.39 is 11.8 Å². The number of carbonyl (C=O) groups is 2. The van der Waals surface area contributed by atoms with E-state index in [-0.39, 0.29) is 6.04 Å². The first-order valence-corrected chi connectivity index (χ1v) is 8.39. The van der Waals surface area contributed by atoms with Crippen LogP contribution in [0.15, 0.2) is 18.2 Å². The zero-order chi connectivity index (χ0) is 17.5. The monoisotopic (exact) mass is 333 g/mol. The maximum absolute atomic E-state index is 12.1. The van der Waals surface area contributed by atoms with Crippen molar-refractivity contribution in [2.75, 3.05) is 38.7 Å². The number of likely N-dealkylation sites (tertiary alicyclic amines) is 1. The van der Waals surface area contributed by atoms with Gasteiger partial charge in [0.05, 0.1) is 6.61 Å². The van der Waals surface area contributed by atoms with Gasteiger partial charge < -0.3 is 15.4 Å². The number of ether oxygens (including phenoxy) is 1. The molecule has 0 bridgehead atoms. The highest BCUT2D eigenvalue weighted by atomic mass is 16.5. The number of nitrogens with one attached hydrogen (secondary N) is 2. The average Bonchev–Trinajstić information content (AvgIpc) is 2.52. The Labute approximate surface area is 143 Å². The average molecular weight is 333 g/mol. The Hall–Kier alpha value is -1.92. The van der Waals surface area contributed by atoms with Crippen LogP contribution in [0.4, 0.5) is 5.69 Å². The van der Waals surface area contributed by atoms with Crippen LogP contribution in [-0.4, -0.2) is 56.1 Å². The molecule has 2 rings (SSSR count). The van der Waals surface area contributed by atoms with Crippen LogP contribution in [0.3, 0.4) is 0 Å². The number of piperidine rings is 1. The van der Waals surface area contributed by atoms with E-state index >= 15 is 0 Å². The SMILES string of the molecule is COCCN1CCCC(NC(=O)C(=O)Nc2cc(C)cc(C)c2)C1. The molecule has 1 atom stereocenters. The van der Waals surface area contributed by atoms with E-state index in [2.05, 4.69) is 15.5 Å². The minimum absolute atomic E-state index is 0.00750. The second-order valence-electron chi connectivity index (χ2n) is 6.44. The summed E-state index contributed by atoms with van der Waals surface area (Å²) in [5, 5.41) is 5.51. The van der Waals surface area contributed by atoms with Crippen LogP contribution < -0.4 is 10.6 Å². The van der Waals surface area contributed by atoms with Crippen molar-refractivity contribution in [3.05, 3.63) is 29.3 Å². The minimum atomic E-state index is -0.617. The number of hydrogen-bond acceptors (Lipinski definition) is 4. The molecule has 132 valence electrons. The fourth-order valence-electron chi connectivity index (χ4n) is 3.08. The number of nitrogens with zero attached hydrogens (tertiary/aromatic N) is 1. The number of rotatable bonds is 5. The third-order valence-corrected chi connectivity index (χ3v) is 4.14. The molecule has 24 heavy (non-hydrogen) atoms. The van der Waals surface area contributed by atoms with Crippen molar-refractivity contribution in [1.82, 2.24) is 10.2 Å². The van der Waals surface area contributed by atoms with Crippen LogP contribution in [0.25, 0.3) is 0 Å². The second kappa shape index (κ2) is 8.80. The van der Waals surface area contributed by atoms with Crippen molar-refractivity contribution in [2.24, 2.45) is 0 Å². The molecule has 0 spiro atoms.